The van der Waals surface area contributed by atoms with Crippen molar-refractivity contribution < 1.29 is 4.79 Å². The zero-order chi connectivity index (χ0) is 10.3. The van der Waals surface area contributed by atoms with Crippen LogP contribution in [0.15, 0.2) is 41.3 Å². The monoisotopic (exact) mass is 199 g/mol. The maximum atomic E-state index is 10.4. The third-order valence-electron chi connectivity index (χ3n) is 3.35. The molecule has 3 rings (SSSR count). The van der Waals surface area contributed by atoms with Gasteiger partial charge in [-0.25, -0.2) is 0 Å². The van der Waals surface area contributed by atoms with E-state index in [-0.39, 0.29) is 0 Å². The van der Waals surface area contributed by atoms with Crippen LogP contribution in [0.4, 0.5) is 0 Å². The van der Waals surface area contributed by atoms with Gasteiger partial charge in [-0.15, -0.1) is 5.73 Å². The number of carbonyl (C=O) groups excluding carboxylic acids is 1. The van der Waals surface area contributed by atoms with Crippen LogP contribution in [0.2, 0.25) is 0 Å². The van der Waals surface area contributed by atoms with E-state index < -0.39 is 0 Å². The normalized spacial score (nSPS) is 30.3. The van der Waals surface area contributed by atoms with Crippen LogP contribution >= 0.6 is 0 Å². The highest BCUT2D eigenvalue weighted by Gasteiger charge is 2.51. The fourth-order valence-corrected chi connectivity index (χ4v) is 2.59. The second kappa shape index (κ2) is 3.25. The maximum Gasteiger partial charge on any atom is 0.121 e. The first-order valence-corrected chi connectivity index (χ1v) is 5.45. The molecule has 0 amide bonds. The first kappa shape index (κ1) is 8.75. The Labute approximate surface area is 89.3 Å². The molecule has 2 aliphatic carbocycles. The Balaban J connectivity index is 1.89. The van der Waals surface area contributed by atoms with Gasteiger partial charge in [-0.2, -0.15) is 0 Å². The Morgan fingerprint density at radius 1 is 1.47 bits per heavy atom. The quantitative estimate of drug-likeness (QED) is 0.510. The van der Waals surface area contributed by atoms with Crippen molar-refractivity contribution in [1.82, 2.24) is 4.90 Å². The van der Waals surface area contributed by atoms with Crippen molar-refractivity contribution in [1.29, 1.82) is 0 Å². The van der Waals surface area contributed by atoms with E-state index in [0.29, 0.717) is 18.4 Å². The highest BCUT2D eigenvalue weighted by Crippen LogP contribution is 2.53. The zero-order valence-corrected chi connectivity index (χ0v) is 8.52. The molecule has 1 saturated carbocycles. The molecular formula is C13H13NO. The number of allylic oxidation sites excluding steroid dienone is 4. The van der Waals surface area contributed by atoms with E-state index in [4.69, 9.17) is 0 Å². The fourth-order valence-electron chi connectivity index (χ4n) is 2.59. The molecule has 0 aromatic heterocycles. The van der Waals surface area contributed by atoms with E-state index in [1.165, 1.54) is 17.7 Å². The van der Waals surface area contributed by atoms with Crippen LogP contribution in [-0.2, 0) is 4.79 Å². The van der Waals surface area contributed by atoms with E-state index in [2.05, 4.69) is 22.8 Å². The van der Waals surface area contributed by atoms with Gasteiger partial charge in [0.05, 0.1) is 0 Å². The summed E-state index contributed by atoms with van der Waals surface area (Å²) in [6.45, 7) is 0.863. The lowest BCUT2D eigenvalue weighted by Crippen LogP contribution is -2.23. The molecule has 0 radical (unpaired) electrons. The molecule has 2 unspecified atom stereocenters. The van der Waals surface area contributed by atoms with E-state index in [1.54, 1.807) is 0 Å². The second-order valence-corrected chi connectivity index (χ2v) is 4.23. The Morgan fingerprint density at radius 3 is 3.20 bits per heavy atom. The third kappa shape index (κ3) is 1.30. The summed E-state index contributed by atoms with van der Waals surface area (Å²) in [4.78, 5) is 12.8. The predicted octanol–water partition coefficient (Wildman–Crippen LogP) is 1.81. The number of hydrogen-bond donors (Lipinski definition) is 0. The molecule has 15 heavy (non-hydrogen) atoms. The van der Waals surface area contributed by atoms with E-state index in [1.807, 2.05) is 12.2 Å². The summed E-state index contributed by atoms with van der Waals surface area (Å²) in [5.74, 6) is 0.715. The number of aldehydes is 1. The van der Waals surface area contributed by atoms with Crippen molar-refractivity contribution in [3.63, 3.8) is 0 Å². The zero-order valence-electron chi connectivity index (χ0n) is 8.52. The summed E-state index contributed by atoms with van der Waals surface area (Å²) >= 11 is 0. The topological polar surface area (TPSA) is 20.3 Å². The Hall–Kier alpha value is -1.53. The first-order chi connectivity index (χ1) is 7.42. The van der Waals surface area contributed by atoms with Crippen LogP contribution in [0, 0.1) is 5.92 Å². The first-order valence-electron chi connectivity index (χ1n) is 5.45. The van der Waals surface area contributed by atoms with Crippen molar-refractivity contribution in [2.45, 2.75) is 18.9 Å². The molecule has 0 spiro atoms. The molecule has 2 nitrogen and oxygen atoms in total. The van der Waals surface area contributed by atoms with Crippen molar-refractivity contribution in [2.75, 3.05) is 6.54 Å². The summed E-state index contributed by atoms with van der Waals surface area (Å²) in [5, 5.41) is 0. The molecule has 0 aromatic rings. The molecule has 0 N–H and O–H groups in total. The van der Waals surface area contributed by atoms with E-state index >= 15 is 0 Å². The second-order valence-electron chi connectivity index (χ2n) is 4.23. The van der Waals surface area contributed by atoms with Crippen LogP contribution in [-0.4, -0.2) is 23.8 Å². The van der Waals surface area contributed by atoms with Gasteiger partial charge in [-0.1, -0.05) is 0 Å². The smallest absolute Gasteiger partial charge is 0.121 e. The number of likely N-dealkylation sites (tertiary alicyclic amines) is 1. The van der Waals surface area contributed by atoms with Gasteiger partial charge in [-0.3, -0.25) is 0 Å². The maximum absolute atomic E-state index is 10.4. The minimum atomic E-state index is 0.630. The minimum Gasteiger partial charge on any atom is -0.367 e. The largest absolute Gasteiger partial charge is 0.367 e. The molecule has 0 aromatic carbocycles. The number of rotatable bonds is 3. The van der Waals surface area contributed by atoms with Crippen molar-refractivity contribution in [3.05, 3.63) is 41.3 Å². The number of nitrogens with zero attached hydrogens (tertiary/aromatic N) is 1. The highest BCUT2D eigenvalue weighted by atomic mass is 16.1. The van der Waals surface area contributed by atoms with Gasteiger partial charge in [0, 0.05) is 30.6 Å². The molecule has 1 saturated heterocycles. The summed E-state index contributed by atoms with van der Waals surface area (Å²) in [6, 6.07) is 0.669. The summed E-state index contributed by atoms with van der Waals surface area (Å²) in [7, 11) is 0. The fraction of sp³-hybridized carbons (Fsp3) is 0.385. The summed E-state index contributed by atoms with van der Waals surface area (Å²) < 4.78 is 0. The molecular weight excluding hydrogens is 186 g/mol. The number of hydrogen-bond acceptors (Lipinski definition) is 2. The van der Waals surface area contributed by atoms with Gasteiger partial charge in [0.15, 0.2) is 0 Å². The molecule has 1 aliphatic heterocycles. The van der Waals surface area contributed by atoms with E-state index in [9.17, 15) is 4.79 Å². The van der Waals surface area contributed by atoms with Gasteiger partial charge >= 0.3 is 0 Å². The summed E-state index contributed by atoms with van der Waals surface area (Å²) in [5.41, 5.74) is 5.83. The standard InChI is InChI=1S/C13H13NO/c15-8-4-7-14-12-6-3-1-2-5-10(12)11-9-13(11)14/h2-3,5-6,8,11,13H,4,7,9H2. The lowest BCUT2D eigenvalue weighted by molar-refractivity contribution is -0.108. The molecule has 2 atom stereocenters. The van der Waals surface area contributed by atoms with Crippen LogP contribution in [0.5, 0.6) is 0 Å². The van der Waals surface area contributed by atoms with Gasteiger partial charge in [-0.05, 0) is 36.3 Å². The Kier molecular flexibility index (Phi) is 1.90. The molecule has 3 aliphatic rings. The van der Waals surface area contributed by atoms with Crippen molar-refractivity contribution in [3.8, 4) is 0 Å². The van der Waals surface area contributed by atoms with Crippen LogP contribution in [0.25, 0.3) is 0 Å². The average Bonchev–Trinajstić information content (AvgIpc) is 2.99. The molecule has 2 fully saturated rings. The van der Waals surface area contributed by atoms with Crippen LogP contribution < -0.4 is 0 Å². The highest BCUT2D eigenvalue weighted by molar-refractivity contribution is 5.52. The van der Waals surface area contributed by atoms with Crippen LogP contribution in [0.3, 0.4) is 0 Å². The van der Waals surface area contributed by atoms with Crippen molar-refractivity contribution >= 4 is 6.29 Å². The Bertz CT molecular complexity index is 424. The number of fused-ring (bicyclic) bond motifs is 3. The predicted molar refractivity (Wildman–Crippen MR) is 58.1 cm³/mol. The average molecular weight is 199 g/mol. The SMILES string of the molecule is O=CCCN1C2=CC=C=CC=C2C2CC21. The third-order valence-corrected chi connectivity index (χ3v) is 3.35. The van der Waals surface area contributed by atoms with Gasteiger partial charge in [0.1, 0.15) is 6.29 Å². The van der Waals surface area contributed by atoms with Crippen molar-refractivity contribution in [2.24, 2.45) is 5.92 Å². The van der Waals surface area contributed by atoms with Crippen LogP contribution in [0.1, 0.15) is 12.8 Å². The molecule has 76 valence electrons. The van der Waals surface area contributed by atoms with E-state index in [0.717, 1.165) is 12.8 Å². The lowest BCUT2D eigenvalue weighted by atomic mass is 10.1. The van der Waals surface area contributed by atoms with Gasteiger partial charge < -0.3 is 9.69 Å². The number of carbonyl (C=O) groups is 1. The molecule has 1 heterocycles. The lowest BCUT2D eigenvalue weighted by Gasteiger charge is -2.22. The Morgan fingerprint density at radius 2 is 2.33 bits per heavy atom. The van der Waals surface area contributed by atoms with Gasteiger partial charge in [0.2, 0.25) is 0 Å². The van der Waals surface area contributed by atoms with Gasteiger partial charge in [0.25, 0.3) is 0 Å². The molecule has 0 bridgehead atoms. The number of piperidine rings is 1. The minimum absolute atomic E-state index is 0.630. The molecule has 2 heteroatoms. The summed E-state index contributed by atoms with van der Waals surface area (Å²) in [6.07, 6.45) is 11.1.